The summed E-state index contributed by atoms with van der Waals surface area (Å²) in [6, 6.07) is 13.0. The molecule has 24 heavy (non-hydrogen) atoms. The number of aryl methyl sites for hydroxylation is 2. The molecule has 124 valence electrons. The average Bonchev–Trinajstić information content (AvgIpc) is 3.15. The highest BCUT2D eigenvalue weighted by Crippen LogP contribution is 2.21. The van der Waals surface area contributed by atoms with Crippen LogP contribution in [-0.4, -0.2) is 22.7 Å². The first-order valence-electron chi connectivity index (χ1n) is 7.74. The van der Waals surface area contributed by atoms with E-state index < -0.39 is 0 Å². The van der Waals surface area contributed by atoms with Crippen molar-refractivity contribution in [2.45, 2.75) is 20.4 Å². The lowest BCUT2D eigenvalue weighted by Crippen LogP contribution is -2.12. The molecular formula is C18H20N4O2. The second-order valence-corrected chi connectivity index (χ2v) is 5.60. The third-order valence-electron chi connectivity index (χ3n) is 3.74. The van der Waals surface area contributed by atoms with Gasteiger partial charge in [0.1, 0.15) is 5.76 Å². The molecule has 2 aromatic heterocycles. The summed E-state index contributed by atoms with van der Waals surface area (Å²) in [7, 11) is 1.81. The number of nitrogens with zero attached hydrogens (tertiary/aromatic N) is 2. The molecule has 2 heterocycles. The molecule has 0 aliphatic heterocycles. The number of aromatic nitrogens is 2. The van der Waals surface area contributed by atoms with Crippen LogP contribution in [0.5, 0.6) is 0 Å². The Morgan fingerprint density at radius 1 is 1.17 bits per heavy atom. The van der Waals surface area contributed by atoms with Crippen LogP contribution in [0, 0.1) is 13.8 Å². The van der Waals surface area contributed by atoms with E-state index in [-0.39, 0.29) is 11.7 Å². The number of furan rings is 1. The van der Waals surface area contributed by atoms with Crippen LogP contribution in [0.4, 0.5) is 11.4 Å². The van der Waals surface area contributed by atoms with Crippen LogP contribution in [0.25, 0.3) is 0 Å². The van der Waals surface area contributed by atoms with Gasteiger partial charge in [-0.1, -0.05) is 12.1 Å². The van der Waals surface area contributed by atoms with Crippen molar-refractivity contribution in [3.63, 3.8) is 0 Å². The van der Waals surface area contributed by atoms with Crippen LogP contribution in [-0.2, 0) is 6.54 Å². The monoisotopic (exact) mass is 324 g/mol. The van der Waals surface area contributed by atoms with Gasteiger partial charge < -0.3 is 15.1 Å². The van der Waals surface area contributed by atoms with Gasteiger partial charge in [-0.05, 0) is 44.2 Å². The number of nitrogens with one attached hydrogen (secondary N) is 2. The zero-order valence-corrected chi connectivity index (χ0v) is 14.0. The zero-order valence-electron chi connectivity index (χ0n) is 14.0. The molecule has 0 aliphatic rings. The van der Waals surface area contributed by atoms with Crippen molar-refractivity contribution in [2.24, 2.45) is 0 Å². The van der Waals surface area contributed by atoms with Gasteiger partial charge in [0.15, 0.2) is 5.76 Å². The van der Waals surface area contributed by atoms with Crippen molar-refractivity contribution in [2.75, 3.05) is 17.7 Å². The second kappa shape index (κ2) is 6.62. The third-order valence-corrected chi connectivity index (χ3v) is 3.74. The molecule has 0 atom stereocenters. The fourth-order valence-corrected chi connectivity index (χ4v) is 2.56. The molecule has 2 N–H and O–H groups in total. The van der Waals surface area contributed by atoms with E-state index in [2.05, 4.69) is 15.7 Å². The van der Waals surface area contributed by atoms with Crippen LogP contribution in [0.2, 0.25) is 0 Å². The largest absolute Gasteiger partial charge is 0.454 e. The lowest BCUT2D eigenvalue weighted by molar-refractivity contribution is 0.0994. The van der Waals surface area contributed by atoms with Gasteiger partial charge in [-0.3, -0.25) is 9.48 Å². The first kappa shape index (κ1) is 15.9. The molecule has 0 bridgehead atoms. The van der Waals surface area contributed by atoms with Gasteiger partial charge in [0, 0.05) is 12.7 Å². The zero-order chi connectivity index (χ0) is 17.1. The first-order valence-corrected chi connectivity index (χ1v) is 7.74. The van der Waals surface area contributed by atoms with Gasteiger partial charge in [-0.25, -0.2) is 0 Å². The molecule has 0 unspecified atom stereocenters. The van der Waals surface area contributed by atoms with E-state index in [1.165, 1.54) is 0 Å². The van der Waals surface area contributed by atoms with Crippen molar-refractivity contribution in [1.29, 1.82) is 0 Å². The molecule has 1 aromatic carbocycles. The maximum absolute atomic E-state index is 12.4. The molecule has 3 aromatic rings. The van der Waals surface area contributed by atoms with Crippen molar-refractivity contribution in [1.82, 2.24) is 9.78 Å². The highest BCUT2D eigenvalue weighted by Gasteiger charge is 2.14. The Kier molecular flexibility index (Phi) is 4.37. The smallest absolute Gasteiger partial charge is 0.291 e. The molecule has 0 spiro atoms. The van der Waals surface area contributed by atoms with Crippen molar-refractivity contribution in [3.8, 4) is 0 Å². The highest BCUT2D eigenvalue weighted by atomic mass is 16.4. The second-order valence-electron chi connectivity index (χ2n) is 5.60. The number of amides is 1. The van der Waals surface area contributed by atoms with Gasteiger partial charge in [0.2, 0.25) is 0 Å². The summed E-state index contributed by atoms with van der Waals surface area (Å²) in [5, 5.41) is 10.3. The molecule has 0 radical (unpaired) electrons. The molecule has 3 rings (SSSR count). The summed E-state index contributed by atoms with van der Waals surface area (Å²) in [4.78, 5) is 12.4. The number of rotatable bonds is 5. The Balaban J connectivity index is 1.73. The number of benzene rings is 1. The molecular weight excluding hydrogens is 304 g/mol. The first-order chi connectivity index (χ1) is 11.6. The van der Waals surface area contributed by atoms with Crippen molar-refractivity contribution >= 4 is 17.3 Å². The van der Waals surface area contributed by atoms with E-state index in [0.29, 0.717) is 18.0 Å². The molecule has 0 fully saturated rings. The molecule has 0 aliphatic carbocycles. The summed E-state index contributed by atoms with van der Waals surface area (Å²) in [6.45, 7) is 4.44. The van der Waals surface area contributed by atoms with Crippen LogP contribution in [0.1, 0.15) is 27.7 Å². The van der Waals surface area contributed by atoms with E-state index >= 15 is 0 Å². The Hall–Kier alpha value is -3.02. The van der Waals surface area contributed by atoms with Crippen molar-refractivity contribution < 1.29 is 9.21 Å². The van der Waals surface area contributed by atoms with Gasteiger partial charge in [-0.2, -0.15) is 5.10 Å². The van der Waals surface area contributed by atoms with Crippen molar-refractivity contribution in [3.05, 3.63) is 65.4 Å². The SMILES string of the molecule is CNc1ccccc1NC(=O)c1ccc(Cn2nc(C)cc2C)o1. The Labute approximate surface area is 140 Å². The maximum atomic E-state index is 12.4. The van der Waals surface area contributed by atoms with Crippen LogP contribution in [0.15, 0.2) is 46.9 Å². The predicted molar refractivity (Wildman–Crippen MR) is 93.5 cm³/mol. The normalized spacial score (nSPS) is 10.6. The van der Waals surface area contributed by atoms with Crippen LogP contribution >= 0.6 is 0 Å². The van der Waals surface area contributed by atoms with E-state index in [1.807, 2.05) is 55.9 Å². The lowest BCUT2D eigenvalue weighted by atomic mass is 10.2. The fourth-order valence-electron chi connectivity index (χ4n) is 2.56. The summed E-state index contributed by atoms with van der Waals surface area (Å²) in [6.07, 6.45) is 0. The quantitative estimate of drug-likeness (QED) is 0.754. The number of hydrogen-bond donors (Lipinski definition) is 2. The maximum Gasteiger partial charge on any atom is 0.291 e. The molecule has 6 heteroatoms. The standard InChI is InChI=1S/C18H20N4O2/c1-12-10-13(2)22(21-12)11-14-8-9-17(24-14)18(23)20-16-7-5-4-6-15(16)19-3/h4-10,19H,11H2,1-3H3,(H,20,23). The topological polar surface area (TPSA) is 72.1 Å². The number of anilines is 2. The van der Waals surface area contributed by atoms with Gasteiger partial charge >= 0.3 is 0 Å². The Bertz CT molecular complexity index is 864. The average molecular weight is 324 g/mol. The minimum Gasteiger partial charge on any atom is -0.454 e. The summed E-state index contributed by atoms with van der Waals surface area (Å²) < 4.78 is 7.52. The summed E-state index contributed by atoms with van der Waals surface area (Å²) in [5.41, 5.74) is 3.57. The van der Waals surface area contributed by atoms with E-state index in [0.717, 1.165) is 17.1 Å². The number of hydrogen-bond acceptors (Lipinski definition) is 4. The van der Waals surface area contributed by atoms with E-state index in [4.69, 9.17) is 4.42 Å². The third kappa shape index (κ3) is 3.32. The lowest BCUT2D eigenvalue weighted by Gasteiger charge is -2.09. The van der Waals surface area contributed by atoms with Gasteiger partial charge in [-0.15, -0.1) is 0 Å². The number of para-hydroxylation sites is 2. The van der Waals surface area contributed by atoms with Gasteiger partial charge in [0.25, 0.3) is 5.91 Å². The Morgan fingerprint density at radius 2 is 1.92 bits per heavy atom. The van der Waals surface area contributed by atoms with E-state index in [1.54, 1.807) is 12.1 Å². The molecule has 1 amide bonds. The van der Waals surface area contributed by atoms with Gasteiger partial charge in [0.05, 0.1) is 23.6 Å². The minimum atomic E-state index is -0.280. The number of carbonyl (C=O) groups excluding carboxylic acids is 1. The summed E-state index contributed by atoms with van der Waals surface area (Å²) >= 11 is 0. The minimum absolute atomic E-state index is 0.275. The predicted octanol–water partition coefficient (Wildman–Crippen LogP) is 3.44. The van der Waals surface area contributed by atoms with Crippen LogP contribution < -0.4 is 10.6 Å². The Morgan fingerprint density at radius 3 is 2.58 bits per heavy atom. The molecule has 0 saturated carbocycles. The molecule has 0 saturated heterocycles. The highest BCUT2D eigenvalue weighted by molar-refractivity contribution is 6.04. The van der Waals surface area contributed by atoms with E-state index in [9.17, 15) is 4.79 Å². The number of carbonyl (C=O) groups is 1. The summed E-state index contributed by atoms with van der Waals surface area (Å²) in [5.74, 6) is 0.683. The van der Waals surface area contributed by atoms with Crippen LogP contribution in [0.3, 0.4) is 0 Å². The molecule has 6 nitrogen and oxygen atoms in total. The fraction of sp³-hybridized carbons (Fsp3) is 0.222.